The number of benzene rings is 3. The van der Waals surface area contributed by atoms with E-state index in [0.717, 1.165) is 28.0 Å². The van der Waals surface area contributed by atoms with E-state index in [1.165, 1.54) is 5.56 Å². The van der Waals surface area contributed by atoms with E-state index in [1.807, 2.05) is 30.3 Å². The van der Waals surface area contributed by atoms with E-state index < -0.39 is 0 Å². The van der Waals surface area contributed by atoms with Crippen LogP contribution in [0.5, 0.6) is 5.75 Å². The normalized spacial score (nSPS) is 11.1. The molecule has 0 unspecified atom stereocenters. The second-order valence-corrected chi connectivity index (χ2v) is 4.36. The third-order valence-electron chi connectivity index (χ3n) is 3.31. The van der Waals surface area contributed by atoms with Gasteiger partial charge in [0, 0.05) is 10.8 Å². The van der Waals surface area contributed by atoms with Gasteiger partial charge in [-0.25, -0.2) is 0 Å². The highest BCUT2D eigenvalue weighted by atomic mass is 16.3. The summed E-state index contributed by atoms with van der Waals surface area (Å²) in [4.78, 5) is 0. The van der Waals surface area contributed by atoms with Crippen LogP contribution in [0.15, 0.2) is 48.5 Å². The Morgan fingerprint density at radius 2 is 1.65 bits per heavy atom. The maximum atomic E-state index is 10.3. The Balaban J connectivity index is 2.45. The monoisotopic (exact) mass is 222 g/mol. The van der Waals surface area contributed by atoms with Gasteiger partial charge in [-0.3, -0.25) is 0 Å². The van der Waals surface area contributed by atoms with Crippen molar-refractivity contribution in [3.63, 3.8) is 0 Å². The molecule has 0 atom stereocenters. The summed E-state index contributed by atoms with van der Waals surface area (Å²) >= 11 is 0. The van der Waals surface area contributed by atoms with E-state index >= 15 is 0 Å². The van der Waals surface area contributed by atoms with Crippen molar-refractivity contribution in [1.82, 2.24) is 0 Å². The number of phenolic OH excluding ortho intramolecular Hbond substituents is 1. The number of hydrogen-bond donors (Lipinski definition) is 1. The summed E-state index contributed by atoms with van der Waals surface area (Å²) in [6, 6.07) is 16.3. The fraction of sp³-hybridized carbons (Fsp3) is 0.125. The first-order valence-electron chi connectivity index (χ1n) is 5.93. The number of aryl methyl sites for hydroxylation is 1. The molecule has 0 aromatic heterocycles. The minimum absolute atomic E-state index is 0.390. The summed E-state index contributed by atoms with van der Waals surface area (Å²) in [6.07, 6.45) is 1.02. The van der Waals surface area contributed by atoms with Gasteiger partial charge in [-0.1, -0.05) is 49.4 Å². The molecule has 0 aliphatic heterocycles. The minimum Gasteiger partial charge on any atom is -0.507 e. The van der Waals surface area contributed by atoms with E-state index in [1.54, 1.807) is 0 Å². The molecule has 1 nitrogen and oxygen atoms in total. The minimum atomic E-state index is 0.390. The van der Waals surface area contributed by atoms with Crippen molar-refractivity contribution < 1.29 is 5.11 Å². The Morgan fingerprint density at radius 1 is 0.882 bits per heavy atom. The summed E-state index contributed by atoms with van der Waals surface area (Å²) in [6.45, 7) is 2.14. The fourth-order valence-electron chi connectivity index (χ4n) is 2.32. The second kappa shape index (κ2) is 3.77. The van der Waals surface area contributed by atoms with Gasteiger partial charge in [0.15, 0.2) is 0 Å². The average molecular weight is 222 g/mol. The summed E-state index contributed by atoms with van der Waals surface area (Å²) in [7, 11) is 0. The SMILES string of the molecule is CCc1ccc2c(O)c3ccccc3cc2c1. The van der Waals surface area contributed by atoms with Crippen molar-refractivity contribution in [2.45, 2.75) is 13.3 Å². The number of aromatic hydroxyl groups is 1. The highest BCUT2D eigenvalue weighted by Gasteiger charge is 2.05. The number of phenols is 1. The first-order valence-corrected chi connectivity index (χ1v) is 5.93. The molecule has 84 valence electrons. The number of hydrogen-bond acceptors (Lipinski definition) is 1. The Hall–Kier alpha value is -2.02. The Labute approximate surface area is 100 Å². The molecule has 0 aliphatic rings. The lowest BCUT2D eigenvalue weighted by Gasteiger charge is -2.07. The van der Waals surface area contributed by atoms with Gasteiger partial charge in [0.25, 0.3) is 0 Å². The molecule has 0 saturated carbocycles. The van der Waals surface area contributed by atoms with Crippen molar-refractivity contribution in [3.05, 3.63) is 54.1 Å². The molecule has 1 heteroatoms. The van der Waals surface area contributed by atoms with Gasteiger partial charge in [-0.15, -0.1) is 0 Å². The Kier molecular flexibility index (Phi) is 2.25. The standard InChI is InChI=1S/C16H14O/c1-2-11-7-8-15-13(9-11)10-12-5-3-4-6-14(12)16(15)17/h3-10,17H,2H2,1H3. The average Bonchev–Trinajstić information content (AvgIpc) is 2.38. The van der Waals surface area contributed by atoms with Gasteiger partial charge in [0.05, 0.1) is 0 Å². The molecule has 0 spiro atoms. The van der Waals surface area contributed by atoms with Crippen LogP contribution in [0.1, 0.15) is 12.5 Å². The molecule has 1 N–H and O–H groups in total. The van der Waals surface area contributed by atoms with E-state index in [-0.39, 0.29) is 0 Å². The van der Waals surface area contributed by atoms with Crippen LogP contribution in [0.25, 0.3) is 21.5 Å². The van der Waals surface area contributed by atoms with Crippen LogP contribution >= 0.6 is 0 Å². The topological polar surface area (TPSA) is 20.2 Å². The summed E-state index contributed by atoms with van der Waals surface area (Å²) in [5.41, 5.74) is 1.30. The van der Waals surface area contributed by atoms with Crippen molar-refractivity contribution >= 4 is 21.5 Å². The van der Waals surface area contributed by atoms with E-state index in [0.29, 0.717) is 5.75 Å². The van der Waals surface area contributed by atoms with Gasteiger partial charge >= 0.3 is 0 Å². The molecule has 3 aromatic carbocycles. The maximum absolute atomic E-state index is 10.3. The first kappa shape index (κ1) is 10.2. The molecule has 0 fully saturated rings. The van der Waals surface area contributed by atoms with Gasteiger partial charge in [-0.2, -0.15) is 0 Å². The third kappa shape index (κ3) is 1.55. The molecule has 3 aromatic rings. The molecule has 0 aliphatic carbocycles. The van der Waals surface area contributed by atoms with Crippen LogP contribution in [0.2, 0.25) is 0 Å². The number of rotatable bonds is 1. The van der Waals surface area contributed by atoms with Crippen LogP contribution in [0.4, 0.5) is 0 Å². The molecular formula is C16H14O. The molecule has 0 bridgehead atoms. The van der Waals surface area contributed by atoms with Crippen molar-refractivity contribution in [2.24, 2.45) is 0 Å². The summed E-state index contributed by atoms with van der Waals surface area (Å²) in [5, 5.41) is 14.3. The Bertz CT molecular complexity index is 698. The smallest absolute Gasteiger partial charge is 0.131 e. The zero-order valence-corrected chi connectivity index (χ0v) is 9.77. The van der Waals surface area contributed by atoms with Crippen molar-refractivity contribution in [2.75, 3.05) is 0 Å². The summed E-state index contributed by atoms with van der Waals surface area (Å²) < 4.78 is 0. The lowest BCUT2D eigenvalue weighted by atomic mass is 10.00. The maximum Gasteiger partial charge on any atom is 0.131 e. The molecule has 17 heavy (non-hydrogen) atoms. The molecule has 0 radical (unpaired) electrons. The van der Waals surface area contributed by atoms with Crippen molar-refractivity contribution in [3.8, 4) is 5.75 Å². The van der Waals surface area contributed by atoms with E-state index in [9.17, 15) is 5.11 Å². The lowest BCUT2D eigenvalue weighted by molar-refractivity contribution is 0.488. The van der Waals surface area contributed by atoms with E-state index in [4.69, 9.17) is 0 Å². The largest absolute Gasteiger partial charge is 0.507 e. The highest BCUT2D eigenvalue weighted by Crippen LogP contribution is 2.34. The van der Waals surface area contributed by atoms with Crippen LogP contribution < -0.4 is 0 Å². The third-order valence-corrected chi connectivity index (χ3v) is 3.31. The molecule has 0 heterocycles. The molecule has 0 amide bonds. The highest BCUT2D eigenvalue weighted by molar-refractivity contribution is 6.05. The van der Waals surface area contributed by atoms with Gasteiger partial charge in [-0.05, 0) is 28.8 Å². The number of fused-ring (bicyclic) bond motifs is 2. The van der Waals surface area contributed by atoms with Crippen LogP contribution in [-0.2, 0) is 6.42 Å². The lowest BCUT2D eigenvalue weighted by Crippen LogP contribution is -1.82. The predicted octanol–water partition coefficient (Wildman–Crippen LogP) is 4.26. The second-order valence-electron chi connectivity index (χ2n) is 4.36. The van der Waals surface area contributed by atoms with Gasteiger partial charge in [0.1, 0.15) is 5.75 Å². The van der Waals surface area contributed by atoms with E-state index in [2.05, 4.69) is 25.1 Å². The van der Waals surface area contributed by atoms with Gasteiger partial charge in [0.2, 0.25) is 0 Å². The molecule has 3 rings (SSSR count). The van der Waals surface area contributed by atoms with Gasteiger partial charge < -0.3 is 5.11 Å². The quantitative estimate of drug-likeness (QED) is 0.610. The first-order chi connectivity index (χ1) is 8.29. The van der Waals surface area contributed by atoms with Crippen LogP contribution in [0.3, 0.4) is 0 Å². The zero-order valence-electron chi connectivity index (χ0n) is 9.77. The zero-order chi connectivity index (χ0) is 11.8. The summed E-state index contributed by atoms with van der Waals surface area (Å²) in [5.74, 6) is 0.390. The van der Waals surface area contributed by atoms with Crippen LogP contribution in [-0.4, -0.2) is 5.11 Å². The van der Waals surface area contributed by atoms with Crippen LogP contribution in [0, 0.1) is 0 Å². The van der Waals surface area contributed by atoms with Crippen molar-refractivity contribution in [1.29, 1.82) is 0 Å². The Morgan fingerprint density at radius 3 is 2.47 bits per heavy atom. The molecule has 0 saturated heterocycles. The molecular weight excluding hydrogens is 208 g/mol. The predicted molar refractivity (Wildman–Crippen MR) is 72.5 cm³/mol. The fourth-order valence-corrected chi connectivity index (χ4v) is 2.32.